The Balaban J connectivity index is 1.54. The van der Waals surface area contributed by atoms with E-state index < -0.39 is 0 Å². The van der Waals surface area contributed by atoms with Gasteiger partial charge in [0.2, 0.25) is 11.9 Å². The number of hydrogen-bond donors (Lipinski definition) is 0. The van der Waals surface area contributed by atoms with E-state index in [1.165, 1.54) is 0 Å². The van der Waals surface area contributed by atoms with Crippen molar-refractivity contribution in [3.05, 3.63) is 18.5 Å². The van der Waals surface area contributed by atoms with Crippen LogP contribution in [0.3, 0.4) is 0 Å². The molecule has 0 saturated carbocycles. The number of anilines is 1. The molecule has 6 heteroatoms. The summed E-state index contributed by atoms with van der Waals surface area (Å²) in [7, 11) is 0. The quantitative estimate of drug-likeness (QED) is 0.821. The fourth-order valence-electron chi connectivity index (χ4n) is 2.78. The van der Waals surface area contributed by atoms with Crippen LogP contribution in [0.15, 0.2) is 18.5 Å². The first-order chi connectivity index (χ1) is 9.84. The summed E-state index contributed by atoms with van der Waals surface area (Å²) >= 11 is 1.96. The van der Waals surface area contributed by atoms with Gasteiger partial charge in [0.1, 0.15) is 0 Å². The molecule has 1 aromatic heterocycles. The smallest absolute Gasteiger partial charge is 0.225 e. The van der Waals surface area contributed by atoms with E-state index in [9.17, 15) is 4.79 Å². The lowest BCUT2D eigenvalue weighted by molar-refractivity contribution is -0.136. The number of piperazine rings is 1. The Kier molecular flexibility index (Phi) is 4.40. The highest BCUT2D eigenvalue weighted by Crippen LogP contribution is 2.25. The first-order valence-electron chi connectivity index (χ1n) is 7.23. The molecule has 0 aromatic carbocycles. The van der Waals surface area contributed by atoms with Crippen molar-refractivity contribution in [1.82, 2.24) is 14.9 Å². The minimum atomic E-state index is 0.260. The molecule has 2 aliphatic rings. The summed E-state index contributed by atoms with van der Waals surface area (Å²) in [5, 5.41) is 0. The lowest BCUT2D eigenvalue weighted by Gasteiger charge is -2.37. The zero-order chi connectivity index (χ0) is 13.8. The molecular formula is C14H20N4OS. The third-order valence-corrected chi connectivity index (χ3v) is 5.05. The Bertz CT molecular complexity index is 442. The summed E-state index contributed by atoms with van der Waals surface area (Å²) in [5.41, 5.74) is 0. The first-order valence-corrected chi connectivity index (χ1v) is 8.38. The van der Waals surface area contributed by atoms with E-state index in [0.29, 0.717) is 5.91 Å². The molecule has 0 atom stereocenters. The lowest BCUT2D eigenvalue weighted by Crippen LogP contribution is -2.51. The minimum Gasteiger partial charge on any atom is -0.339 e. The highest BCUT2D eigenvalue weighted by atomic mass is 32.2. The molecule has 20 heavy (non-hydrogen) atoms. The van der Waals surface area contributed by atoms with E-state index >= 15 is 0 Å². The van der Waals surface area contributed by atoms with Gasteiger partial charge in [-0.1, -0.05) is 0 Å². The monoisotopic (exact) mass is 292 g/mol. The molecule has 0 bridgehead atoms. The molecule has 0 N–H and O–H groups in total. The predicted molar refractivity (Wildman–Crippen MR) is 80.9 cm³/mol. The van der Waals surface area contributed by atoms with Crippen LogP contribution in [0.25, 0.3) is 0 Å². The van der Waals surface area contributed by atoms with Crippen LogP contribution in [-0.4, -0.2) is 58.5 Å². The van der Waals surface area contributed by atoms with Gasteiger partial charge in [-0.25, -0.2) is 9.97 Å². The fourth-order valence-corrected chi connectivity index (χ4v) is 3.89. The molecule has 1 amide bonds. The summed E-state index contributed by atoms with van der Waals surface area (Å²) in [4.78, 5) is 25.2. The second-order valence-corrected chi connectivity index (χ2v) is 6.47. The van der Waals surface area contributed by atoms with Crippen LogP contribution in [0.1, 0.15) is 12.8 Å². The molecule has 0 unspecified atom stereocenters. The maximum atomic E-state index is 12.5. The van der Waals surface area contributed by atoms with Gasteiger partial charge in [-0.2, -0.15) is 11.8 Å². The number of hydrogen-bond acceptors (Lipinski definition) is 5. The highest BCUT2D eigenvalue weighted by Gasteiger charge is 2.29. The fraction of sp³-hybridized carbons (Fsp3) is 0.643. The van der Waals surface area contributed by atoms with Crippen molar-refractivity contribution < 1.29 is 4.79 Å². The molecule has 2 fully saturated rings. The minimum absolute atomic E-state index is 0.260. The summed E-state index contributed by atoms with van der Waals surface area (Å²) in [5.74, 6) is 3.66. The van der Waals surface area contributed by atoms with E-state index in [1.807, 2.05) is 22.7 Å². The number of nitrogens with zero attached hydrogens (tertiary/aromatic N) is 4. The van der Waals surface area contributed by atoms with E-state index in [4.69, 9.17) is 0 Å². The molecule has 0 spiro atoms. The SMILES string of the molecule is O=C(C1CCSCC1)N1CCN(c2ncccn2)CC1. The van der Waals surface area contributed by atoms with Crippen LogP contribution < -0.4 is 4.90 Å². The third-order valence-electron chi connectivity index (χ3n) is 4.00. The molecule has 108 valence electrons. The Morgan fingerprint density at radius 1 is 1.10 bits per heavy atom. The van der Waals surface area contributed by atoms with Gasteiger partial charge in [0.05, 0.1) is 0 Å². The largest absolute Gasteiger partial charge is 0.339 e. The van der Waals surface area contributed by atoms with Crippen molar-refractivity contribution in [2.24, 2.45) is 5.92 Å². The van der Waals surface area contributed by atoms with Crippen LogP contribution in [-0.2, 0) is 4.79 Å². The van der Waals surface area contributed by atoms with E-state index in [0.717, 1.165) is 56.5 Å². The van der Waals surface area contributed by atoms with Gasteiger partial charge in [-0.3, -0.25) is 4.79 Å². The van der Waals surface area contributed by atoms with Gasteiger partial charge in [-0.05, 0) is 30.4 Å². The molecule has 3 heterocycles. The predicted octanol–water partition coefficient (Wildman–Crippen LogP) is 1.27. The van der Waals surface area contributed by atoms with Crippen LogP contribution in [0, 0.1) is 5.92 Å². The summed E-state index contributed by atoms with van der Waals surface area (Å²) in [6, 6.07) is 1.82. The first kappa shape index (κ1) is 13.7. The molecule has 3 rings (SSSR count). The Morgan fingerprint density at radius 3 is 2.40 bits per heavy atom. The Morgan fingerprint density at radius 2 is 1.75 bits per heavy atom. The maximum Gasteiger partial charge on any atom is 0.225 e. The Hall–Kier alpha value is -1.30. The second-order valence-electron chi connectivity index (χ2n) is 5.25. The Labute approximate surface area is 123 Å². The topological polar surface area (TPSA) is 49.3 Å². The standard InChI is InChI=1S/C14H20N4OS/c19-13(12-2-10-20-11-3-12)17-6-8-18(9-7-17)14-15-4-1-5-16-14/h1,4-5,12H,2-3,6-11H2. The number of aromatic nitrogens is 2. The van der Waals surface area contributed by atoms with Crippen molar-refractivity contribution in [3.63, 3.8) is 0 Å². The molecular weight excluding hydrogens is 272 g/mol. The maximum absolute atomic E-state index is 12.5. The van der Waals surface area contributed by atoms with Crippen LogP contribution in [0.2, 0.25) is 0 Å². The summed E-state index contributed by atoms with van der Waals surface area (Å²) < 4.78 is 0. The normalized spacial score (nSPS) is 21.0. The number of carbonyl (C=O) groups excluding carboxylic acids is 1. The molecule has 1 aromatic rings. The average molecular weight is 292 g/mol. The number of amides is 1. The van der Waals surface area contributed by atoms with Crippen molar-refractivity contribution in [1.29, 1.82) is 0 Å². The van der Waals surface area contributed by atoms with Gasteiger partial charge in [0.15, 0.2) is 0 Å². The second kappa shape index (κ2) is 6.43. The van der Waals surface area contributed by atoms with Crippen LogP contribution in [0.5, 0.6) is 0 Å². The van der Waals surface area contributed by atoms with Crippen molar-refractivity contribution in [2.75, 3.05) is 42.6 Å². The van der Waals surface area contributed by atoms with Crippen molar-refractivity contribution >= 4 is 23.6 Å². The highest BCUT2D eigenvalue weighted by molar-refractivity contribution is 7.99. The van der Waals surface area contributed by atoms with E-state index in [-0.39, 0.29) is 5.92 Å². The summed E-state index contributed by atoms with van der Waals surface area (Å²) in [6.45, 7) is 3.25. The third kappa shape index (κ3) is 3.06. The van der Waals surface area contributed by atoms with Crippen molar-refractivity contribution in [2.45, 2.75) is 12.8 Å². The van der Waals surface area contributed by atoms with Crippen LogP contribution in [0.4, 0.5) is 5.95 Å². The zero-order valence-corrected chi connectivity index (χ0v) is 12.4. The molecule has 2 aliphatic heterocycles. The van der Waals surface area contributed by atoms with Gasteiger partial charge in [0.25, 0.3) is 0 Å². The van der Waals surface area contributed by atoms with Crippen molar-refractivity contribution in [3.8, 4) is 0 Å². The number of thioether (sulfide) groups is 1. The zero-order valence-electron chi connectivity index (χ0n) is 11.6. The van der Waals surface area contributed by atoms with Gasteiger partial charge in [0, 0.05) is 44.5 Å². The molecule has 2 saturated heterocycles. The number of carbonyl (C=O) groups is 1. The van der Waals surface area contributed by atoms with Crippen LogP contribution >= 0.6 is 11.8 Å². The lowest BCUT2D eigenvalue weighted by atomic mass is 10.0. The number of rotatable bonds is 2. The van der Waals surface area contributed by atoms with E-state index in [2.05, 4.69) is 14.9 Å². The molecule has 0 aliphatic carbocycles. The van der Waals surface area contributed by atoms with Gasteiger partial charge in [-0.15, -0.1) is 0 Å². The average Bonchev–Trinajstić information content (AvgIpc) is 2.56. The molecule has 5 nitrogen and oxygen atoms in total. The molecule has 0 radical (unpaired) electrons. The van der Waals surface area contributed by atoms with Gasteiger partial charge >= 0.3 is 0 Å². The van der Waals surface area contributed by atoms with Gasteiger partial charge < -0.3 is 9.80 Å². The van der Waals surface area contributed by atoms with E-state index in [1.54, 1.807) is 12.4 Å². The summed E-state index contributed by atoms with van der Waals surface area (Å²) in [6.07, 6.45) is 5.62.